The number of rotatable bonds is 4. The Kier molecular flexibility index (Phi) is 4.97. The van der Waals surface area contributed by atoms with Crippen LogP contribution in [0.3, 0.4) is 0 Å². The van der Waals surface area contributed by atoms with E-state index in [4.69, 9.17) is 9.84 Å². The van der Waals surface area contributed by atoms with Gasteiger partial charge in [-0.3, -0.25) is 0 Å². The molecule has 2 rings (SSSR count). The van der Waals surface area contributed by atoms with Crippen molar-refractivity contribution >= 4 is 21.4 Å². The fraction of sp³-hybridized carbons (Fsp3) is 0.667. The predicted octanol–water partition coefficient (Wildman–Crippen LogP) is 1.08. The third-order valence-electron chi connectivity index (χ3n) is 3.00. The van der Waals surface area contributed by atoms with Gasteiger partial charge in [0.05, 0.1) is 6.10 Å². The van der Waals surface area contributed by atoms with E-state index in [-0.39, 0.29) is 12.7 Å². The molecule has 1 aliphatic heterocycles. The van der Waals surface area contributed by atoms with E-state index < -0.39 is 10.0 Å². The first-order chi connectivity index (χ1) is 9.04. The van der Waals surface area contributed by atoms with Gasteiger partial charge in [-0.1, -0.05) is 0 Å². The minimum Gasteiger partial charge on any atom is -0.396 e. The van der Waals surface area contributed by atoms with E-state index in [9.17, 15) is 8.42 Å². The third-order valence-corrected chi connectivity index (χ3v) is 6.48. The van der Waals surface area contributed by atoms with Gasteiger partial charge in [0.15, 0.2) is 0 Å². The van der Waals surface area contributed by atoms with Crippen molar-refractivity contribution in [2.45, 2.75) is 30.1 Å². The van der Waals surface area contributed by atoms with Gasteiger partial charge in [0.2, 0.25) is 0 Å². The molecule has 0 bridgehead atoms. The van der Waals surface area contributed by atoms with Crippen LogP contribution in [0.2, 0.25) is 0 Å². The van der Waals surface area contributed by atoms with Crippen LogP contribution >= 0.6 is 11.3 Å². The van der Waals surface area contributed by atoms with E-state index >= 15 is 0 Å². The summed E-state index contributed by atoms with van der Waals surface area (Å²) in [4.78, 5) is 0.889. The minimum atomic E-state index is -3.43. The molecule has 0 amide bonds. The summed E-state index contributed by atoms with van der Waals surface area (Å²) in [5, 5.41) is 8.88. The number of nitrogens with zero attached hydrogens (tertiary/aromatic N) is 1. The van der Waals surface area contributed by atoms with Crippen molar-refractivity contribution in [2.75, 3.05) is 26.3 Å². The molecular weight excluding hydrogens is 286 g/mol. The molecule has 7 heteroatoms. The number of sulfonamides is 1. The van der Waals surface area contributed by atoms with Gasteiger partial charge < -0.3 is 9.84 Å². The standard InChI is InChI=1S/C12H19NO4S2/c1-10-9-13(6-2-8-17-10)19(15,16)12-4-3-11(18-12)5-7-14/h3-4,10,14H,2,5-9H2,1H3. The summed E-state index contributed by atoms with van der Waals surface area (Å²) >= 11 is 1.24. The molecule has 1 aromatic heterocycles. The monoisotopic (exact) mass is 305 g/mol. The van der Waals surface area contributed by atoms with Gasteiger partial charge >= 0.3 is 0 Å². The Morgan fingerprint density at radius 2 is 2.32 bits per heavy atom. The minimum absolute atomic E-state index is 0.0363. The second kappa shape index (κ2) is 6.32. The summed E-state index contributed by atoms with van der Waals surface area (Å²) in [7, 11) is -3.43. The van der Waals surface area contributed by atoms with Crippen molar-refractivity contribution < 1.29 is 18.3 Å². The maximum absolute atomic E-state index is 12.5. The second-order valence-corrected chi connectivity index (χ2v) is 7.93. The van der Waals surface area contributed by atoms with Gasteiger partial charge in [0.1, 0.15) is 4.21 Å². The highest BCUT2D eigenvalue weighted by atomic mass is 32.2. The number of thiophene rings is 1. The van der Waals surface area contributed by atoms with Crippen LogP contribution in [0.5, 0.6) is 0 Å². The van der Waals surface area contributed by atoms with Crippen LogP contribution < -0.4 is 0 Å². The summed E-state index contributed by atoms with van der Waals surface area (Å²) in [5.41, 5.74) is 0. The topological polar surface area (TPSA) is 66.8 Å². The molecule has 1 fully saturated rings. The van der Waals surface area contributed by atoms with Gasteiger partial charge in [-0.05, 0) is 25.5 Å². The lowest BCUT2D eigenvalue weighted by Gasteiger charge is -2.20. The summed E-state index contributed by atoms with van der Waals surface area (Å²) in [6.07, 6.45) is 1.15. The van der Waals surface area contributed by atoms with Gasteiger partial charge in [-0.2, -0.15) is 4.31 Å². The highest BCUT2D eigenvalue weighted by Crippen LogP contribution is 2.26. The second-order valence-electron chi connectivity index (χ2n) is 4.59. The molecule has 0 spiro atoms. The van der Waals surface area contributed by atoms with Crippen molar-refractivity contribution in [2.24, 2.45) is 0 Å². The Labute approximate surface area is 117 Å². The van der Waals surface area contributed by atoms with Crippen LogP contribution in [0.4, 0.5) is 0 Å². The number of hydrogen-bond acceptors (Lipinski definition) is 5. The Morgan fingerprint density at radius 1 is 1.53 bits per heavy atom. The van der Waals surface area contributed by atoms with Crippen LogP contribution in [0.25, 0.3) is 0 Å². The Morgan fingerprint density at radius 3 is 3.05 bits per heavy atom. The van der Waals surface area contributed by atoms with Crippen LogP contribution in [-0.2, 0) is 21.2 Å². The van der Waals surface area contributed by atoms with E-state index in [2.05, 4.69) is 0 Å². The number of aliphatic hydroxyl groups is 1. The van der Waals surface area contributed by atoms with Gasteiger partial charge in [0.25, 0.3) is 10.0 Å². The first-order valence-corrected chi connectivity index (χ1v) is 8.61. The van der Waals surface area contributed by atoms with E-state index in [0.717, 1.165) is 11.3 Å². The Hall–Kier alpha value is -0.470. The number of ether oxygens (including phenoxy) is 1. The van der Waals surface area contributed by atoms with Crippen molar-refractivity contribution in [3.63, 3.8) is 0 Å². The van der Waals surface area contributed by atoms with E-state index in [1.165, 1.54) is 15.6 Å². The summed E-state index contributed by atoms with van der Waals surface area (Å²) in [6, 6.07) is 3.40. The highest BCUT2D eigenvalue weighted by molar-refractivity contribution is 7.91. The summed E-state index contributed by atoms with van der Waals surface area (Å²) in [6.45, 7) is 3.43. The van der Waals surface area contributed by atoms with Crippen LogP contribution in [0, 0.1) is 0 Å². The molecule has 2 heterocycles. The zero-order valence-electron chi connectivity index (χ0n) is 10.9. The largest absolute Gasteiger partial charge is 0.396 e. The Bertz CT molecular complexity index is 512. The number of aliphatic hydroxyl groups excluding tert-OH is 1. The molecule has 1 atom stereocenters. The molecule has 1 aliphatic rings. The van der Waals surface area contributed by atoms with Crippen LogP contribution in [0.1, 0.15) is 18.2 Å². The smallest absolute Gasteiger partial charge is 0.252 e. The lowest BCUT2D eigenvalue weighted by atomic mass is 10.4. The third kappa shape index (κ3) is 3.55. The van der Waals surface area contributed by atoms with Crippen molar-refractivity contribution in [1.82, 2.24) is 4.31 Å². The molecule has 19 heavy (non-hydrogen) atoms. The fourth-order valence-corrected chi connectivity index (χ4v) is 5.10. The molecule has 1 saturated heterocycles. The molecule has 0 saturated carbocycles. The average molecular weight is 305 g/mol. The predicted molar refractivity (Wildman–Crippen MR) is 73.9 cm³/mol. The fourth-order valence-electron chi connectivity index (χ4n) is 2.04. The van der Waals surface area contributed by atoms with Gasteiger partial charge in [-0.15, -0.1) is 11.3 Å². The Balaban J connectivity index is 2.19. The number of hydrogen-bond donors (Lipinski definition) is 1. The van der Waals surface area contributed by atoms with Crippen molar-refractivity contribution in [3.8, 4) is 0 Å². The molecule has 1 N–H and O–H groups in total. The van der Waals surface area contributed by atoms with E-state index in [0.29, 0.717) is 30.3 Å². The normalized spacial score (nSPS) is 22.3. The molecular formula is C12H19NO4S2. The van der Waals surface area contributed by atoms with Crippen LogP contribution in [0.15, 0.2) is 16.3 Å². The maximum Gasteiger partial charge on any atom is 0.252 e. The highest BCUT2D eigenvalue weighted by Gasteiger charge is 2.28. The molecule has 108 valence electrons. The lowest BCUT2D eigenvalue weighted by Crippen LogP contribution is -2.35. The molecule has 5 nitrogen and oxygen atoms in total. The molecule has 1 unspecified atom stereocenters. The summed E-state index contributed by atoms with van der Waals surface area (Å²) < 4.78 is 32.4. The molecule has 1 aromatic rings. The van der Waals surface area contributed by atoms with Gasteiger partial charge in [0, 0.05) is 37.6 Å². The van der Waals surface area contributed by atoms with Crippen LogP contribution in [-0.4, -0.2) is 50.2 Å². The quantitative estimate of drug-likeness (QED) is 0.904. The molecule has 0 aliphatic carbocycles. The lowest BCUT2D eigenvalue weighted by molar-refractivity contribution is 0.0752. The van der Waals surface area contributed by atoms with Gasteiger partial charge in [-0.25, -0.2) is 8.42 Å². The van der Waals surface area contributed by atoms with E-state index in [1.54, 1.807) is 12.1 Å². The zero-order valence-corrected chi connectivity index (χ0v) is 12.5. The van der Waals surface area contributed by atoms with Crippen molar-refractivity contribution in [1.29, 1.82) is 0 Å². The SMILES string of the molecule is CC1CN(S(=O)(=O)c2ccc(CCO)s2)CCCO1. The van der Waals surface area contributed by atoms with Crippen molar-refractivity contribution in [3.05, 3.63) is 17.0 Å². The molecule has 0 radical (unpaired) electrons. The average Bonchev–Trinajstić information content (AvgIpc) is 2.72. The first kappa shape index (κ1) is 14.9. The summed E-state index contributed by atoms with van der Waals surface area (Å²) in [5.74, 6) is 0. The maximum atomic E-state index is 12.5. The van der Waals surface area contributed by atoms with E-state index in [1.807, 2.05) is 6.92 Å². The first-order valence-electron chi connectivity index (χ1n) is 6.35. The zero-order chi connectivity index (χ0) is 13.9. The molecule has 0 aromatic carbocycles.